The van der Waals surface area contributed by atoms with Crippen LogP contribution in [0.25, 0.3) is 28.2 Å². The van der Waals surface area contributed by atoms with Crippen LogP contribution in [0.1, 0.15) is 36.8 Å². The van der Waals surface area contributed by atoms with Crippen molar-refractivity contribution in [2.24, 2.45) is 5.41 Å². The maximum absolute atomic E-state index is 13.8. The van der Waals surface area contributed by atoms with E-state index in [0.29, 0.717) is 42.2 Å². The van der Waals surface area contributed by atoms with Crippen LogP contribution in [0.3, 0.4) is 0 Å². The van der Waals surface area contributed by atoms with Crippen molar-refractivity contribution in [1.82, 2.24) is 34.3 Å². The van der Waals surface area contributed by atoms with Crippen LogP contribution in [-0.4, -0.2) is 52.6 Å². The number of halogens is 2. The summed E-state index contributed by atoms with van der Waals surface area (Å²) in [5.74, 6) is -1.39. The van der Waals surface area contributed by atoms with E-state index in [-0.39, 0.29) is 23.1 Å². The second-order valence-electron chi connectivity index (χ2n) is 10.8. The first kappa shape index (κ1) is 26.2. The largest absolute Gasteiger partial charge is 0.334 e. The highest BCUT2D eigenvalue weighted by atomic mass is 19.1. The highest BCUT2D eigenvalue weighted by Gasteiger charge is 2.33. The van der Waals surface area contributed by atoms with E-state index in [2.05, 4.69) is 15.3 Å². The number of anilines is 1. The molecule has 0 spiro atoms. The van der Waals surface area contributed by atoms with Gasteiger partial charge in [0.15, 0.2) is 11.5 Å². The SMILES string of the molecule is CC(C)(C)C(=O)N1CCn2nc(-c3ccc(F)cc3)c(-c3ccc4nc(NC(=O)c5ccnc(F)c5)cn4n3)c2C1. The Morgan fingerprint density at radius 1 is 0.976 bits per heavy atom. The quantitative estimate of drug-likeness (QED) is 0.325. The molecule has 1 aromatic carbocycles. The zero-order valence-electron chi connectivity index (χ0n) is 22.6. The van der Waals surface area contributed by atoms with Crippen LogP contribution in [0.5, 0.6) is 0 Å². The Balaban J connectivity index is 1.40. The average Bonchev–Trinajstić information content (AvgIpc) is 3.52. The molecule has 0 radical (unpaired) electrons. The first-order valence-corrected chi connectivity index (χ1v) is 13.0. The number of nitrogens with zero attached hydrogens (tertiary/aromatic N) is 7. The van der Waals surface area contributed by atoms with Gasteiger partial charge in [0.05, 0.1) is 36.2 Å². The smallest absolute Gasteiger partial charge is 0.257 e. The van der Waals surface area contributed by atoms with Crippen molar-refractivity contribution < 1.29 is 18.4 Å². The van der Waals surface area contributed by atoms with E-state index >= 15 is 0 Å². The topological polar surface area (TPSA) is 110 Å². The number of hydrogen-bond donors (Lipinski definition) is 1. The van der Waals surface area contributed by atoms with Crippen LogP contribution >= 0.6 is 0 Å². The lowest BCUT2D eigenvalue weighted by molar-refractivity contribution is -0.141. The fraction of sp³-hybridized carbons (Fsp3) is 0.241. The lowest BCUT2D eigenvalue weighted by Gasteiger charge is -2.33. The molecule has 0 saturated carbocycles. The molecule has 6 rings (SSSR count). The van der Waals surface area contributed by atoms with Crippen molar-refractivity contribution in [3.63, 3.8) is 0 Å². The van der Waals surface area contributed by atoms with E-state index in [4.69, 9.17) is 10.2 Å². The van der Waals surface area contributed by atoms with Gasteiger partial charge in [-0.1, -0.05) is 20.8 Å². The van der Waals surface area contributed by atoms with Crippen LogP contribution in [0, 0.1) is 17.2 Å². The second-order valence-corrected chi connectivity index (χ2v) is 10.8. The van der Waals surface area contributed by atoms with E-state index in [1.165, 1.54) is 28.9 Å². The lowest BCUT2D eigenvalue weighted by atomic mass is 9.94. The molecule has 5 heterocycles. The van der Waals surface area contributed by atoms with E-state index in [9.17, 15) is 18.4 Å². The molecular formula is C29H26F2N8O2. The Morgan fingerprint density at radius 2 is 1.76 bits per heavy atom. The van der Waals surface area contributed by atoms with Crippen LogP contribution < -0.4 is 5.32 Å². The summed E-state index contributed by atoms with van der Waals surface area (Å²) in [5, 5.41) is 12.3. The highest BCUT2D eigenvalue weighted by molar-refractivity contribution is 6.03. The molecule has 4 aromatic heterocycles. The Bertz CT molecular complexity index is 1800. The van der Waals surface area contributed by atoms with Crippen molar-refractivity contribution >= 4 is 23.3 Å². The van der Waals surface area contributed by atoms with Crippen LogP contribution in [0.4, 0.5) is 14.6 Å². The molecule has 0 fully saturated rings. The zero-order chi connectivity index (χ0) is 28.9. The molecule has 0 unspecified atom stereocenters. The number of carbonyl (C=O) groups is 2. The molecule has 41 heavy (non-hydrogen) atoms. The molecule has 2 amide bonds. The van der Waals surface area contributed by atoms with E-state index in [0.717, 1.165) is 17.3 Å². The molecule has 0 aliphatic carbocycles. The summed E-state index contributed by atoms with van der Waals surface area (Å²) in [6.45, 7) is 7.04. The Hall–Kier alpha value is -5.00. The lowest BCUT2D eigenvalue weighted by Crippen LogP contribution is -2.44. The van der Waals surface area contributed by atoms with Gasteiger partial charge in [-0.2, -0.15) is 14.6 Å². The number of imidazole rings is 1. The van der Waals surface area contributed by atoms with Gasteiger partial charge >= 0.3 is 0 Å². The minimum atomic E-state index is -0.761. The minimum Gasteiger partial charge on any atom is -0.334 e. The Morgan fingerprint density at radius 3 is 2.49 bits per heavy atom. The molecule has 0 bridgehead atoms. The molecule has 1 N–H and O–H groups in total. The average molecular weight is 557 g/mol. The number of fused-ring (bicyclic) bond motifs is 2. The molecule has 208 valence electrons. The van der Waals surface area contributed by atoms with Gasteiger partial charge in [0.1, 0.15) is 11.5 Å². The number of aromatic nitrogens is 6. The first-order valence-electron chi connectivity index (χ1n) is 13.0. The number of rotatable bonds is 4. The van der Waals surface area contributed by atoms with Gasteiger partial charge in [0.2, 0.25) is 11.9 Å². The predicted molar refractivity (Wildman–Crippen MR) is 147 cm³/mol. The van der Waals surface area contributed by atoms with Crippen LogP contribution in [-0.2, 0) is 17.9 Å². The number of carbonyl (C=O) groups excluding carboxylic acids is 2. The number of hydrogen-bond acceptors (Lipinski definition) is 6. The van der Waals surface area contributed by atoms with Crippen molar-refractivity contribution in [2.45, 2.75) is 33.9 Å². The summed E-state index contributed by atoms with van der Waals surface area (Å²) < 4.78 is 30.6. The summed E-state index contributed by atoms with van der Waals surface area (Å²) in [4.78, 5) is 35.4. The number of pyridine rings is 1. The molecule has 12 heteroatoms. The fourth-order valence-electron chi connectivity index (χ4n) is 4.85. The highest BCUT2D eigenvalue weighted by Crippen LogP contribution is 2.36. The second kappa shape index (κ2) is 9.88. The third kappa shape index (κ3) is 5.04. The molecular weight excluding hydrogens is 530 g/mol. The maximum atomic E-state index is 13.8. The van der Waals surface area contributed by atoms with E-state index in [1.54, 1.807) is 30.5 Å². The molecule has 10 nitrogen and oxygen atoms in total. The summed E-state index contributed by atoms with van der Waals surface area (Å²) in [6, 6.07) is 12.1. The van der Waals surface area contributed by atoms with Crippen molar-refractivity contribution in [2.75, 3.05) is 11.9 Å². The molecule has 1 aliphatic heterocycles. The predicted octanol–water partition coefficient (Wildman–Crippen LogP) is 4.57. The van der Waals surface area contributed by atoms with E-state index < -0.39 is 17.3 Å². The summed E-state index contributed by atoms with van der Waals surface area (Å²) in [7, 11) is 0. The standard InChI is InChI=1S/C29H26F2N8O2/c1-29(2,3)28(41)37-12-13-38-21(15-37)25(26(36-38)17-4-6-19(30)7-5-17)20-8-9-24-33-23(16-39(24)35-20)34-27(40)18-10-11-32-22(31)14-18/h4-11,14,16H,12-13,15H2,1-3H3,(H,34,40). The summed E-state index contributed by atoms with van der Waals surface area (Å²) in [6.07, 6.45) is 2.76. The van der Waals surface area contributed by atoms with Crippen LogP contribution in [0.15, 0.2) is 60.9 Å². The van der Waals surface area contributed by atoms with Crippen molar-refractivity contribution in [3.05, 3.63) is 83.9 Å². The van der Waals surface area contributed by atoms with Gasteiger partial charge in [0, 0.05) is 35.3 Å². The van der Waals surface area contributed by atoms with Crippen molar-refractivity contribution in [1.29, 1.82) is 0 Å². The Kier molecular flexibility index (Phi) is 6.32. The first-order chi connectivity index (χ1) is 19.6. The number of amides is 2. The van der Waals surface area contributed by atoms with Gasteiger partial charge in [-0.3, -0.25) is 14.3 Å². The third-order valence-electron chi connectivity index (χ3n) is 6.83. The van der Waals surface area contributed by atoms with Gasteiger partial charge in [-0.05, 0) is 42.5 Å². The van der Waals surface area contributed by atoms with Crippen molar-refractivity contribution in [3.8, 4) is 22.5 Å². The molecule has 0 atom stereocenters. The van der Waals surface area contributed by atoms with E-state index in [1.807, 2.05) is 30.4 Å². The number of nitrogens with one attached hydrogen (secondary N) is 1. The van der Waals surface area contributed by atoms with Gasteiger partial charge in [0.25, 0.3) is 5.91 Å². The van der Waals surface area contributed by atoms with Gasteiger partial charge in [-0.25, -0.2) is 18.9 Å². The number of benzene rings is 1. The summed E-state index contributed by atoms with van der Waals surface area (Å²) >= 11 is 0. The third-order valence-corrected chi connectivity index (χ3v) is 6.83. The zero-order valence-corrected chi connectivity index (χ0v) is 22.6. The molecule has 0 saturated heterocycles. The summed E-state index contributed by atoms with van der Waals surface area (Å²) in [5.41, 5.74) is 3.46. The maximum Gasteiger partial charge on any atom is 0.257 e. The van der Waals surface area contributed by atoms with Gasteiger partial charge in [-0.15, -0.1) is 0 Å². The minimum absolute atomic E-state index is 0.0340. The molecule has 1 aliphatic rings. The Labute approximate surface area is 233 Å². The monoisotopic (exact) mass is 556 g/mol. The normalized spacial score (nSPS) is 13.3. The fourth-order valence-corrected chi connectivity index (χ4v) is 4.85. The van der Waals surface area contributed by atoms with Gasteiger partial charge < -0.3 is 10.2 Å². The molecule has 5 aromatic rings. The van der Waals surface area contributed by atoms with Crippen LogP contribution in [0.2, 0.25) is 0 Å².